The molecule has 0 spiro atoms. The summed E-state index contributed by atoms with van der Waals surface area (Å²) in [5.74, 6) is -1.54. The first-order valence-corrected chi connectivity index (χ1v) is 12.3. The van der Waals surface area contributed by atoms with E-state index in [0.717, 1.165) is 6.07 Å². The van der Waals surface area contributed by atoms with Crippen LogP contribution in [0.2, 0.25) is 0 Å². The van der Waals surface area contributed by atoms with E-state index in [1.807, 2.05) is 0 Å². The average Bonchev–Trinajstić information content (AvgIpc) is 2.92. The molecule has 2 aliphatic heterocycles. The first-order chi connectivity index (χ1) is 19.0. The molecule has 0 radical (unpaired) electrons. The smallest absolute Gasteiger partial charge is 0.239 e. The van der Waals surface area contributed by atoms with E-state index in [9.17, 15) is 45.6 Å². The van der Waals surface area contributed by atoms with Gasteiger partial charge < -0.3 is 64.2 Å². The minimum absolute atomic E-state index is 0.0852. The van der Waals surface area contributed by atoms with Crippen LogP contribution in [0.15, 0.2) is 45.6 Å². The molecule has 2 aromatic carbocycles. The fraction of sp³-hybridized carbons (Fsp3) is 0.423. The summed E-state index contributed by atoms with van der Waals surface area (Å²) in [7, 11) is 0. The summed E-state index contributed by atoms with van der Waals surface area (Å²) in [5.41, 5.74) is -0.861. The molecule has 2 saturated heterocycles. The molecule has 0 saturated carbocycles. The van der Waals surface area contributed by atoms with Gasteiger partial charge in [0.05, 0.1) is 12.7 Å². The quantitative estimate of drug-likeness (QED) is 0.184. The highest BCUT2D eigenvalue weighted by Gasteiger charge is 2.44. The largest absolute Gasteiger partial charge is 0.508 e. The zero-order valence-electron chi connectivity index (χ0n) is 20.9. The SMILES string of the molecule is C[C@@H]1O[C@@H](Oc2c(-c3ccc(O)cc3)oc3cc(O[C@@H]4OC[C@@H](O)[C@H](O)[C@H]4O)cc(O)c3c2=O)[C@H](O)[C@H](O)[C@H]1O. The summed E-state index contributed by atoms with van der Waals surface area (Å²) >= 11 is 0. The zero-order chi connectivity index (χ0) is 28.9. The number of aromatic hydroxyl groups is 2. The standard InChI is InChI=1S/C26H28O14/c1-9-17(30)20(33)22(35)26(37-9)40-24-19(32)16-13(28)6-12(38-25-21(34)18(31)14(29)8-36-25)7-15(16)39-23(24)10-2-4-11(27)5-3-10/h2-7,9,14,17-18,20-22,25-31,33-35H,8H2,1H3/t9-,14+,17-,18-,20+,21+,22+,25-,26-/m0/s1. The number of rotatable bonds is 5. The molecule has 9 atom stereocenters. The molecule has 2 fully saturated rings. The van der Waals surface area contributed by atoms with E-state index < -0.39 is 72.2 Å². The summed E-state index contributed by atoms with van der Waals surface area (Å²) in [5, 5.41) is 80.5. The molecular formula is C26H28O14. The van der Waals surface area contributed by atoms with Crippen molar-refractivity contribution in [1.29, 1.82) is 0 Å². The van der Waals surface area contributed by atoms with Crippen molar-refractivity contribution in [2.45, 2.75) is 62.2 Å². The van der Waals surface area contributed by atoms with Crippen LogP contribution < -0.4 is 14.9 Å². The predicted octanol–water partition coefficient (Wildman–Crippen LogP) is -1.10. The second kappa shape index (κ2) is 10.8. The van der Waals surface area contributed by atoms with Crippen LogP contribution in [-0.4, -0.2) is 103 Å². The maximum Gasteiger partial charge on any atom is 0.239 e. The highest BCUT2D eigenvalue weighted by atomic mass is 16.7. The third kappa shape index (κ3) is 5.07. The minimum atomic E-state index is -1.76. The molecule has 0 amide bonds. The lowest BCUT2D eigenvalue weighted by Gasteiger charge is -2.38. The Kier molecular flexibility index (Phi) is 7.60. The van der Waals surface area contributed by atoms with Crippen LogP contribution in [0.1, 0.15) is 6.92 Å². The molecule has 14 heteroatoms. The third-order valence-corrected chi connectivity index (χ3v) is 6.78. The Hall–Kier alpha value is -3.47. The average molecular weight is 564 g/mol. The topological polar surface area (TPSA) is 229 Å². The number of hydrogen-bond donors (Lipinski definition) is 8. The van der Waals surface area contributed by atoms with Gasteiger partial charge in [-0.15, -0.1) is 0 Å². The molecule has 0 bridgehead atoms. The fourth-order valence-corrected chi connectivity index (χ4v) is 4.48. The highest BCUT2D eigenvalue weighted by Crippen LogP contribution is 2.38. The van der Waals surface area contributed by atoms with Crippen LogP contribution in [-0.2, 0) is 9.47 Å². The van der Waals surface area contributed by atoms with Crippen molar-refractivity contribution in [1.82, 2.24) is 0 Å². The number of aliphatic hydroxyl groups excluding tert-OH is 6. The van der Waals surface area contributed by atoms with Gasteiger partial charge in [0.15, 0.2) is 5.76 Å². The van der Waals surface area contributed by atoms with Crippen molar-refractivity contribution in [3.63, 3.8) is 0 Å². The van der Waals surface area contributed by atoms with Crippen LogP contribution in [0.5, 0.6) is 23.0 Å². The van der Waals surface area contributed by atoms with Crippen molar-refractivity contribution >= 4 is 11.0 Å². The van der Waals surface area contributed by atoms with Gasteiger partial charge in [0, 0.05) is 17.7 Å². The summed E-state index contributed by atoms with van der Waals surface area (Å²) in [4.78, 5) is 13.6. The van der Waals surface area contributed by atoms with Gasteiger partial charge in [0.25, 0.3) is 0 Å². The van der Waals surface area contributed by atoms with E-state index >= 15 is 0 Å². The van der Waals surface area contributed by atoms with E-state index in [0.29, 0.717) is 0 Å². The second-order valence-electron chi connectivity index (χ2n) is 9.62. The summed E-state index contributed by atoms with van der Waals surface area (Å²) in [6.45, 7) is 1.10. The maximum absolute atomic E-state index is 13.6. The van der Waals surface area contributed by atoms with E-state index in [1.54, 1.807) is 0 Å². The van der Waals surface area contributed by atoms with Gasteiger partial charge in [-0.2, -0.15) is 0 Å². The van der Waals surface area contributed by atoms with Gasteiger partial charge in [-0.1, -0.05) is 0 Å². The molecule has 40 heavy (non-hydrogen) atoms. The number of fused-ring (bicyclic) bond motifs is 1. The molecule has 1 aromatic heterocycles. The molecule has 5 rings (SSSR count). The van der Waals surface area contributed by atoms with Crippen LogP contribution in [0.4, 0.5) is 0 Å². The van der Waals surface area contributed by atoms with Crippen LogP contribution >= 0.6 is 0 Å². The first kappa shape index (κ1) is 28.1. The molecule has 3 heterocycles. The number of ether oxygens (including phenoxy) is 4. The Morgan fingerprint density at radius 3 is 2.20 bits per heavy atom. The number of aliphatic hydroxyl groups is 6. The molecular weight excluding hydrogens is 536 g/mol. The highest BCUT2D eigenvalue weighted by molar-refractivity contribution is 5.88. The molecule has 2 aliphatic rings. The molecule has 14 nitrogen and oxygen atoms in total. The van der Waals surface area contributed by atoms with Crippen molar-refractivity contribution < 1.29 is 64.2 Å². The van der Waals surface area contributed by atoms with E-state index in [2.05, 4.69) is 0 Å². The van der Waals surface area contributed by atoms with Gasteiger partial charge in [-0.3, -0.25) is 4.79 Å². The van der Waals surface area contributed by atoms with Crippen molar-refractivity contribution in [2.24, 2.45) is 0 Å². The van der Waals surface area contributed by atoms with Gasteiger partial charge in [0.2, 0.25) is 23.8 Å². The number of phenols is 2. The van der Waals surface area contributed by atoms with Gasteiger partial charge >= 0.3 is 0 Å². The minimum Gasteiger partial charge on any atom is -0.508 e. The Morgan fingerprint density at radius 2 is 1.50 bits per heavy atom. The number of phenolic OH excluding ortho intramolecular Hbond substituents is 2. The van der Waals surface area contributed by atoms with Crippen LogP contribution in [0.25, 0.3) is 22.3 Å². The van der Waals surface area contributed by atoms with Crippen molar-refractivity contribution in [3.8, 4) is 34.3 Å². The van der Waals surface area contributed by atoms with Gasteiger partial charge in [-0.25, -0.2) is 0 Å². The lowest BCUT2D eigenvalue weighted by atomic mass is 10.00. The third-order valence-electron chi connectivity index (χ3n) is 6.78. The summed E-state index contributed by atoms with van der Waals surface area (Å²) in [6, 6.07) is 7.69. The monoisotopic (exact) mass is 564 g/mol. The Labute approximate surface area is 225 Å². The van der Waals surface area contributed by atoms with E-state index in [-0.39, 0.29) is 40.4 Å². The zero-order valence-corrected chi connectivity index (χ0v) is 20.9. The lowest BCUT2D eigenvalue weighted by molar-refractivity contribution is -0.268. The summed E-state index contributed by atoms with van der Waals surface area (Å²) in [6.07, 6.45) is -13.3. The first-order valence-electron chi connectivity index (χ1n) is 12.3. The van der Waals surface area contributed by atoms with Crippen molar-refractivity contribution in [2.75, 3.05) is 6.61 Å². The Balaban J connectivity index is 1.58. The van der Waals surface area contributed by atoms with Crippen LogP contribution in [0, 0.1) is 0 Å². The van der Waals surface area contributed by atoms with Crippen molar-refractivity contribution in [3.05, 3.63) is 46.6 Å². The fourth-order valence-electron chi connectivity index (χ4n) is 4.48. The van der Waals surface area contributed by atoms with E-state index in [1.165, 1.54) is 37.3 Å². The number of benzene rings is 2. The Bertz CT molecular complexity index is 1420. The Morgan fingerprint density at radius 1 is 0.825 bits per heavy atom. The predicted molar refractivity (Wildman–Crippen MR) is 133 cm³/mol. The molecule has 8 N–H and O–H groups in total. The molecule has 3 aromatic rings. The van der Waals surface area contributed by atoms with E-state index in [4.69, 9.17) is 23.4 Å². The normalized spacial score (nSPS) is 32.6. The van der Waals surface area contributed by atoms with Crippen LogP contribution in [0.3, 0.4) is 0 Å². The maximum atomic E-state index is 13.6. The second-order valence-corrected chi connectivity index (χ2v) is 9.62. The number of hydrogen-bond acceptors (Lipinski definition) is 14. The molecule has 0 aliphatic carbocycles. The molecule has 216 valence electrons. The van der Waals surface area contributed by atoms with Gasteiger partial charge in [-0.05, 0) is 31.2 Å². The van der Waals surface area contributed by atoms with Gasteiger partial charge in [0.1, 0.15) is 64.8 Å². The lowest BCUT2D eigenvalue weighted by Crippen LogP contribution is -2.58. The summed E-state index contributed by atoms with van der Waals surface area (Å²) < 4.78 is 27.9. The molecule has 0 unspecified atom stereocenters.